The maximum Gasteiger partial charge on any atom is 0.563 e. The standard InChI is InChI=1S/C19H19BFNO3/c1-12-5-6-14(18(23)22-16-9-7-15(21)8-10-16)11-17(12)20-24-13(2)19(3,4)25-20/h5-11H,2H2,1,3-4H3,(H,22,23). The molecule has 0 unspecified atom stereocenters. The Kier molecular flexibility index (Phi) is 4.39. The van der Waals surface area contributed by atoms with Crippen LogP contribution in [0.5, 0.6) is 0 Å². The minimum Gasteiger partial charge on any atom is -0.534 e. The third kappa shape index (κ3) is 3.59. The lowest BCUT2D eigenvalue weighted by Gasteiger charge is -2.16. The highest BCUT2D eigenvalue weighted by atomic mass is 19.1. The minimum absolute atomic E-state index is 0.288. The topological polar surface area (TPSA) is 47.6 Å². The zero-order valence-electron chi connectivity index (χ0n) is 14.4. The van der Waals surface area contributed by atoms with Crippen LogP contribution >= 0.6 is 0 Å². The van der Waals surface area contributed by atoms with Gasteiger partial charge in [-0.3, -0.25) is 4.79 Å². The fourth-order valence-electron chi connectivity index (χ4n) is 2.53. The van der Waals surface area contributed by atoms with Gasteiger partial charge in [0.25, 0.3) is 5.91 Å². The smallest absolute Gasteiger partial charge is 0.534 e. The van der Waals surface area contributed by atoms with Gasteiger partial charge in [0.05, 0.1) is 5.76 Å². The lowest BCUT2D eigenvalue weighted by atomic mass is 9.75. The van der Waals surface area contributed by atoms with Gasteiger partial charge < -0.3 is 14.6 Å². The second-order valence-corrected chi connectivity index (χ2v) is 6.53. The molecular formula is C19H19BFNO3. The summed E-state index contributed by atoms with van der Waals surface area (Å²) in [5, 5.41) is 2.74. The molecule has 0 saturated carbocycles. The van der Waals surface area contributed by atoms with Crippen molar-refractivity contribution >= 4 is 24.2 Å². The second kappa shape index (κ2) is 6.37. The molecule has 2 aromatic carbocycles. The van der Waals surface area contributed by atoms with Crippen molar-refractivity contribution in [2.24, 2.45) is 0 Å². The van der Waals surface area contributed by atoms with Crippen molar-refractivity contribution in [1.82, 2.24) is 0 Å². The summed E-state index contributed by atoms with van der Waals surface area (Å²) in [7, 11) is -0.596. The van der Waals surface area contributed by atoms with Crippen LogP contribution in [0.3, 0.4) is 0 Å². The molecule has 1 aliphatic heterocycles. The van der Waals surface area contributed by atoms with Crippen molar-refractivity contribution in [2.45, 2.75) is 26.4 Å². The van der Waals surface area contributed by atoms with Crippen LogP contribution in [0.1, 0.15) is 29.8 Å². The van der Waals surface area contributed by atoms with Crippen LogP contribution < -0.4 is 10.8 Å². The van der Waals surface area contributed by atoms with E-state index in [2.05, 4.69) is 11.9 Å². The molecule has 3 rings (SSSR count). The number of nitrogens with one attached hydrogen (secondary N) is 1. The van der Waals surface area contributed by atoms with Crippen LogP contribution in [0, 0.1) is 12.7 Å². The molecule has 0 bridgehead atoms. The van der Waals surface area contributed by atoms with Gasteiger partial charge in [-0.25, -0.2) is 4.39 Å². The molecule has 0 aliphatic carbocycles. The maximum atomic E-state index is 13.0. The molecule has 1 N–H and O–H groups in total. The first kappa shape index (κ1) is 17.2. The summed E-state index contributed by atoms with van der Waals surface area (Å²) in [5.41, 5.74) is 2.14. The first-order chi connectivity index (χ1) is 11.8. The first-order valence-corrected chi connectivity index (χ1v) is 7.97. The molecule has 1 amide bonds. The molecule has 0 radical (unpaired) electrons. The van der Waals surface area contributed by atoms with Crippen molar-refractivity contribution in [3.05, 3.63) is 71.7 Å². The number of benzene rings is 2. The molecular weight excluding hydrogens is 320 g/mol. The van der Waals surface area contributed by atoms with E-state index in [0.717, 1.165) is 11.0 Å². The molecule has 6 heteroatoms. The second-order valence-electron chi connectivity index (χ2n) is 6.53. The zero-order chi connectivity index (χ0) is 18.2. The summed E-state index contributed by atoms with van der Waals surface area (Å²) < 4.78 is 24.6. The SMILES string of the molecule is C=C1OB(c2cc(C(=O)Nc3ccc(F)cc3)ccc2C)OC1(C)C. The van der Waals surface area contributed by atoms with Crippen molar-refractivity contribution in [3.8, 4) is 0 Å². The van der Waals surface area contributed by atoms with Gasteiger partial charge in [-0.2, -0.15) is 0 Å². The lowest BCUT2D eigenvalue weighted by molar-refractivity contribution is 0.102. The molecule has 25 heavy (non-hydrogen) atoms. The van der Waals surface area contributed by atoms with Crippen LogP contribution in [0.25, 0.3) is 0 Å². The number of anilines is 1. The van der Waals surface area contributed by atoms with Crippen LogP contribution in [0.2, 0.25) is 0 Å². The summed E-state index contributed by atoms with van der Waals surface area (Å²) in [5.74, 6) is -0.0870. The van der Waals surface area contributed by atoms with E-state index in [0.29, 0.717) is 17.0 Å². The van der Waals surface area contributed by atoms with E-state index >= 15 is 0 Å². The zero-order valence-corrected chi connectivity index (χ0v) is 14.4. The summed E-state index contributed by atoms with van der Waals surface area (Å²) in [6.07, 6.45) is 0. The van der Waals surface area contributed by atoms with Gasteiger partial charge in [-0.1, -0.05) is 18.2 Å². The molecule has 4 nitrogen and oxygen atoms in total. The van der Waals surface area contributed by atoms with Gasteiger partial charge in [0, 0.05) is 16.7 Å². The Balaban J connectivity index is 1.83. The van der Waals surface area contributed by atoms with Gasteiger partial charge in [-0.15, -0.1) is 0 Å². The van der Waals surface area contributed by atoms with Gasteiger partial charge in [0.15, 0.2) is 0 Å². The predicted molar refractivity (Wildman–Crippen MR) is 96.3 cm³/mol. The molecule has 1 fully saturated rings. The Bertz CT molecular complexity index is 833. The first-order valence-electron chi connectivity index (χ1n) is 7.97. The number of carbonyl (C=O) groups is 1. The lowest BCUT2D eigenvalue weighted by Crippen LogP contribution is -2.36. The largest absolute Gasteiger partial charge is 0.563 e. The molecule has 2 aromatic rings. The number of hydrogen-bond donors (Lipinski definition) is 1. The molecule has 1 saturated heterocycles. The maximum absolute atomic E-state index is 13.0. The van der Waals surface area contributed by atoms with E-state index in [-0.39, 0.29) is 11.7 Å². The third-order valence-electron chi connectivity index (χ3n) is 4.22. The van der Waals surface area contributed by atoms with Crippen LogP contribution in [0.4, 0.5) is 10.1 Å². The Morgan fingerprint density at radius 3 is 2.48 bits per heavy atom. The monoisotopic (exact) mass is 339 g/mol. The summed E-state index contributed by atoms with van der Waals surface area (Å²) in [4.78, 5) is 12.5. The average molecular weight is 339 g/mol. The molecule has 128 valence electrons. The summed E-state index contributed by atoms with van der Waals surface area (Å²) in [6, 6.07) is 10.9. The molecule has 0 atom stereocenters. The number of halogens is 1. The van der Waals surface area contributed by atoms with E-state index < -0.39 is 12.7 Å². The Hall–Kier alpha value is -2.60. The molecule has 0 aromatic heterocycles. The number of hydrogen-bond acceptors (Lipinski definition) is 3. The van der Waals surface area contributed by atoms with Crippen molar-refractivity contribution in [3.63, 3.8) is 0 Å². The van der Waals surface area contributed by atoms with E-state index in [1.54, 1.807) is 12.1 Å². The van der Waals surface area contributed by atoms with E-state index in [1.165, 1.54) is 24.3 Å². The number of amides is 1. The van der Waals surface area contributed by atoms with Gasteiger partial charge >= 0.3 is 7.12 Å². The Morgan fingerprint density at radius 1 is 1.20 bits per heavy atom. The average Bonchev–Trinajstić information content (AvgIpc) is 2.83. The number of carbonyl (C=O) groups excluding carboxylic acids is 1. The van der Waals surface area contributed by atoms with E-state index in [1.807, 2.05) is 26.8 Å². The Labute approximate surface area is 146 Å². The molecule has 0 spiro atoms. The van der Waals surface area contributed by atoms with Crippen molar-refractivity contribution < 1.29 is 18.5 Å². The van der Waals surface area contributed by atoms with Crippen molar-refractivity contribution in [2.75, 3.05) is 5.32 Å². The highest BCUT2D eigenvalue weighted by molar-refractivity contribution is 6.63. The number of rotatable bonds is 3. The summed E-state index contributed by atoms with van der Waals surface area (Å²) in [6.45, 7) is 9.57. The predicted octanol–water partition coefficient (Wildman–Crippen LogP) is 3.42. The van der Waals surface area contributed by atoms with Gasteiger partial charge in [0.2, 0.25) is 0 Å². The van der Waals surface area contributed by atoms with Gasteiger partial charge in [0.1, 0.15) is 11.4 Å². The summed E-state index contributed by atoms with van der Waals surface area (Å²) >= 11 is 0. The van der Waals surface area contributed by atoms with E-state index in [4.69, 9.17) is 9.31 Å². The molecule has 1 heterocycles. The van der Waals surface area contributed by atoms with Gasteiger partial charge in [-0.05, 0) is 57.2 Å². The fraction of sp³-hybridized carbons (Fsp3) is 0.211. The highest BCUT2D eigenvalue weighted by Crippen LogP contribution is 2.29. The molecule has 1 aliphatic rings. The third-order valence-corrected chi connectivity index (χ3v) is 4.22. The Morgan fingerprint density at radius 2 is 1.88 bits per heavy atom. The quantitative estimate of drug-likeness (QED) is 0.872. The fourth-order valence-corrected chi connectivity index (χ4v) is 2.53. The number of aryl methyl sites for hydroxylation is 1. The van der Waals surface area contributed by atoms with Crippen LogP contribution in [-0.4, -0.2) is 18.6 Å². The van der Waals surface area contributed by atoms with Crippen molar-refractivity contribution in [1.29, 1.82) is 0 Å². The van der Waals surface area contributed by atoms with Crippen LogP contribution in [0.15, 0.2) is 54.8 Å². The normalized spacial score (nSPS) is 15.8. The highest BCUT2D eigenvalue weighted by Gasteiger charge is 2.43. The van der Waals surface area contributed by atoms with E-state index in [9.17, 15) is 9.18 Å². The minimum atomic E-state index is -0.596. The van der Waals surface area contributed by atoms with Crippen LogP contribution in [-0.2, 0) is 9.31 Å².